The zero-order chi connectivity index (χ0) is 15.7. The van der Waals surface area contributed by atoms with E-state index < -0.39 is 0 Å². The van der Waals surface area contributed by atoms with Crippen LogP contribution in [0.4, 0.5) is 11.5 Å². The van der Waals surface area contributed by atoms with Crippen LogP contribution in [0.3, 0.4) is 0 Å². The Morgan fingerprint density at radius 3 is 2.41 bits per heavy atom. The Morgan fingerprint density at radius 1 is 1.05 bits per heavy atom. The van der Waals surface area contributed by atoms with E-state index in [0.29, 0.717) is 0 Å². The molecule has 1 fully saturated rings. The normalized spacial score (nSPS) is 15.2. The summed E-state index contributed by atoms with van der Waals surface area (Å²) >= 11 is 0. The number of aryl methyl sites for hydroxylation is 2. The van der Waals surface area contributed by atoms with Crippen molar-refractivity contribution in [3.05, 3.63) is 40.2 Å². The molecule has 22 heavy (non-hydrogen) atoms. The highest BCUT2D eigenvalue weighted by molar-refractivity contribution is 5.51. The second-order valence-electron chi connectivity index (χ2n) is 5.56. The van der Waals surface area contributed by atoms with Crippen LogP contribution in [-0.2, 0) is 7.05 Å². The minimum atomic E-state index is -0.0813. The SMILES string of the molecule is Cc1ncnc(N2CCN(c3cnn(C)c(=O)c3)CC2)c1C. The quantitative estimate of drug-likeness (QED) is 0.805. The van der Waals surface area contributed by atoms with Gasteiger partial charge in [-0.1, -0.05) is 0 Å². The van der Waals surface area contributed by atoms with Crippen molar-refractivity contribution in [3.8, 4) is 0 Å². The van der Waals surface area contributed by atoms with E-state index in [1.54, 1.807) is 25.6 Å². The fraction of sp³-hybridized carbons (Fsp3) is 0.467. The molecule has 0 atom stereocenters. The van der Waals surface area contributed by atoms with Crippen molar-refractivity contribution < 1.29 is 0 Å². The maximum absolute atomic E-state index is 11.7. The van der Waals surface area contributed by atoms with Crippen LogP contribution in [0, 0.1) is 13.8 Å². The molecule has 2 aromatic rings. The second-order valence-corrected chi connectivity index (χ2v) is 5.56. The summed E-state index contributed by atoms with van der Waals surface area (Å²) in [7, 11) is 1.66. The first kappa shape index (κ1) is 14.5. The lowest BCUT2D eigenvalue weighted by Crippen LogP contribution is -2.47. The molecule has 116 valence electrons. The molecule has 1 aliphatic heterocycles. The Morgan fingerprint density at radius 2 is 1.73 bits per heavy atom. The summed E-state index contributed by atoms with van der Waals surface area (Å²) in [6, 6.07) is 1.64. The molecule has 0 N–H and O–H groups in total. The van der Waals surface area contributed by atoms with Crippen molar-refractivity contribution in [1.82, 2.24) is 19.7 Å². The van der Waals surface area contributed by atoms with Gasteiger partial charge in [-0.2, -0.15) is 5.10 Å². The van der Waals surface area contributed by atoms with Gasteiger partial charge in [-0.05, 0) is 13.8 Å². The van der Waals surface area contributed by atoms with Crippen molar-refractivity contribution in [1.29, 1.82) is 0 Å². The van der Waals surface area contributed by atoms with E-state index in [2.05, 4.69) is 31.8 Å². The third kappa shape index (κ3) is 2.66. The molecule has 3 heterocycles. The van der Waals surface area contributed by atoms with Crippen molar-refractivity contribution in [2.45, 2.75) is 13.8 Å². The minimum Gasteiger partial charge on any atom is -0.367 e. The number of piperazine rings is 1. The van der Waals surface area contributed by atoms with E-state index in [4.69, 9.17) is 0 Å². The summed E-state index contributed by atoms with van der Waals surface area (Å²) in [5.41, 5.74) is 2.95. The lowest BCUT2D eigenvalue weighted by atomic mass is 10.2. The number of hydrogen-bond acceptors (Lipinski definition) is 6. The third-order valence-electron chi connectivity index (χ3n) is 4.21. The minimum absolute atomic E-state index is 0.0813. The van der Waals surface area contributed by atoms with Crippen molar-refractivity contribution in [3.63, 3.8) is 0 Å². The fourth-order valence-corrected chi connectivity index (χ4v) is 2.65. The summed E-state index contributed by atoms with van der Waals surface area (Å²) < 4.78 is 1.34. The Hall–Kier alpha value is -2.44. The summed E-state index contributed by atoms with van der Waals surface area (Å²) in [5, 5.41) is 4.09. The van der Waals surface area contributed by atoms with Gasteiger partial charge in [0, 0.05) is 50.6 Å². The van der Waals surface area contributed by atoms with E-state index in [0.717, 1.165) is 48.9 Å². The van der Waals surface area contributed by atoms with Crippen LogP contribution in [-0.4, -0.2) is 45.9 Å². The maximum Gasteiger partial charge on any atom is 0.268 e. The predicted octanol–water partition coefficient (Wildman–Crippen LogP) is 0.514. The van der Waals surface area contributed by atoms with Crippen LogP contribution in [0.5, 0.6) is 0 Å². The van der Waals surface area contributed by atoms with Gasteiger partial charge in [0.05, 0.1) is 11.9 Å². The summed E-state index contributed by atoms with van der Waals surface area (Å²) in [6.45, 7) is 7.48. The zero-order valence-electron chi connectivity index (χ0n) is 13.2. The van der Waals surface area contributed by atoms with Crippen LogP contribution in [0.15, 0.2) is 23.4 Å². The summed E-state index contributed by atoms with van der Waals surface area (Å²) in [6.07, 6.45) is 3.37. The van der Waals surface area contributed by atoms with Crippen LogP contribution in [0.1, 0.15) is 11.3 Å². The highest BCUT2D eigenvalue weighted by Crippen LogP contribution is 2.21. The number of anilines is 2. The largest absolute Gasteiger partial charge is 0.367 e. The number of hydrogen-bond donors (Lipinski definition) is 0. The van der Waals surface area contributed by atoms with Crippen molar-refractivity contribution in [2.24, 2.45) is 7.05 Å². The lowest BCUT2D eigenvalue weighted by molar-refractivity contribution is 0.636. The zero-order valence-corrected chi connectivity index (χ0v) is 13.2. The molecule has 3 rings (SSSR count). The van der Waals surface area contributed by atoms with Crippen LogP contribution in [0.25, 0.3) is 0 Å². The molecule has 1 aliphatic rings. The Labute approximate surface area is 129 Å². The Bertz CT molecular complexity index is 733. The molecular formula is C15H20N6O. The highest BCUT2D eigenvalue weighted by atomic mass is 16.1. The molecule has 0 bridgehead atoms. The third-order valence-corrected chi connectivity index (χ3v) is 4.21. The summed E-state index contributed by atoms with van der Waals surface area (Å²) in [4.78, 5) is 24.8. The number of rotatable bonds is 2. The van der Waals surface area contributed by atoms with Gasteiger partial charge in [-0.25, -0.2) is 14.6 Å². The monoisotopic (exact) mass is 300 g/mol. The van der Waals surface area contributed by atoms with Crippen molar-refractivity contribution >= 4 is 11.5 Å². The van der Waals surface area contributed by atoms with Gasteiger partial charge >= 0.3 is 0 Å². The summed E-state index contributed by atoms with van der Waals surface area (Å²) in [5.74, 6) is 1.01. The topological polar surface area (TPSA) is 67.2 Å². The second kappa shape index (κ2) is 5.75. The molecule has 2 aromatic heterocycles. The lowest BCUT2D eigenvalue weighted by Gasteiger charge is -2.37. The molecule has 7 nitrogen and oxygen atoms in total. The van der Waals surface area contributed by atoms with Crippen LogP contribution < -0.4 is 15.4 Å². The van der Waals surface area contributed by atoms with E-state index in [1.807, 2.05) is 6.92 Å². The van der Waals surface area contributed by atoms with E-state index in [-0.39, 0.29) is 5.56 Å². The van der Waals surface area contributed by atoms with Crippen molar-refractivity contribution in [2.75, 3.05) is 36.0 Å². The van der Waals surface area contributed by atoms with Gasteiger partial charge in [-0.3, -0.25) is 4.79 Å². The van der Waals surface area contributed by atoms with E-state index >= 15 is 0 Å². The molecule has 7 heteroatoms. The van der Waals surface area contributed by atoms with Gasteiger partial charge in [0.1, 0.15) is 12.1 Å². The first-order valence-corrected chi connectivity index (χ1v) is 7.37. The van der Waals surface area contributed by atoms with Gasteiger partial charge in [-0.15, -0.1) is 0 Å². The van der Waals surface area contributed by atoms with E-state index in [9.17, 15) is 4.79 Å². The standard InChI is InChI=1S/C15H20N6O/c1-11-12(2)16-10-17-15(11)21-6-4-20(5-7-21)13-8-14(22)19(3)18-9-13/h8-10H,4-7H2,1-3H3. The van der Waals surface area contributed by atoms with Crippen LogP contribution in [0.2, 0.25) is 0 Å². The van der Waals surface area contributed by atoms with Gasteiger partial charge < -0.3 is 9.80 Å². The molecule has 1 saturated heterocycles. The average Bonchev–Trinajstić information content (AvgIpc) is 2.53. The average molecular weight is 300 g/mol. The van der Waals surface area contributed by atoms with Gasteiger partial charge in [0.25, 0.3) is 5.56 Å². The Balaban J connectivity index is 1.73. The molecule has 0 saturated carbocycles. The first-order chi connectivity index (χ1) is 10.6. The Kier molecular flexibility index (Phi) is 3.79. The van der Waals surface area contributed by atoms with Gasteiger partial charge in [0.2, 0.25) is 0 Å². The fourth-order valence-electron chi connectivity index (χ4n) is 2.65. The first-order valence-electron chi connectivity index (χ1n) is 7.37. The van der Waals surface area contributed by atoms with Crippen LogP contribution >= 0.6 is 0 Å². The molecular weight excluding hydrogens is 280 g/mol. The van der Waals surface area contributed by atoms with E-state index in [1.165, 1.54) is 4.68 Å². The molecule has 0 radical (unpaired) electrons. The van der Waals surface area contributed by atoms with Gasteiger partial charge in [0.15, 0.2) is 0 Å². The molecule has 0 unspecified atom stereocenters. The number of aromatic nitrogens is 4. The molecule has 0 amide bonds. The smallest absolute Gasteiger partial charge is 0.268 e. The molecule has 0 aromatic carbocycles. The molecule has 0 aliphatic carbocycles. The number of nitrogens with zero attached hydrogens (tertiary/aromatic N) is 6. The predicted molar refractivity (Wildman–Crippen MR) is 85.4 cm³/mol. The molecule has 0 spiro atoms. The maximum atomic E-state index is 11.7. The highest BCUT2D eigenvalue weighted by Gasteiger charge is 2.20.